The Bertz CT molecular complexity index is 1160. The highest BCUT2D eigenvalue weighted by Crippen LogP contribution is 2.37. The number of hydrogen-bond acceptors (Lipinski definition) is 9. The number of carbonyl (C=O) groups excluding carboxylic acids is 4. The van der Waals surface area contributed by atoms with E-state index in [0.29, 0.717) is 5.56 Å². The number of esters is 2. The summed E-state index contributed by atoms with van der Waals surface area (Å²) in [6, 6.07) is 5.19. The Balaban J connectivity index is 1.77. The summed E-state index contributed by atoms with van der Waals surface area (Å²) in [6.07, 6.45) is 1.41. The summed E-state index contributed by atoms with van der Waals surface area (Å²) in [7, 11) is 2.59. The van der Waals surface area contributed by atoms with Gasteiger partial charge in [0, 0.05) is 0 Å². The first kappa shape index (κ1) is 24.6. The number of methoxy groups -OCH3 is 2. The SMILES string of the molecule is CCOC(=O)COc1c(Cl)cc(C=C2NC(=O)N(Cc3ccc(C(=O)OC)o3)C2=O)cc1OC. The van der Waals surface area contributed by atoms with Crippen LogP contribution in [0.1, 0.15) is 28.8 Å². The molecule has 12 heteroatoms. The van der Waals surface area contributed by atoms with E-state index in [0.717, 1.165) is 4.90 Å². The van der Waals surface area contributed by atoms with Crippen LogP contribution in [0.5, 0.6) is 11.5 Å². The summed E-state index contributed by atoms with van der Waals surface area (Å²) >= 11 is 6.28. The van der Waals surface area contributed by atoms with E-state index in [1.54, 1.807) is 6.92 Å². The number of hydrogen-bond donors (Lipinski definition) is 1. The van der Waals surface area contributed by atoms with Gasteiger partial charge in [-0.15, -0.1) is 0 Å². The Morgan fingerprint density at radius 3 is 2.65 bits per heavy atom. The van der Waals surface area contributed by atoms with Gasteiger partial charge in [0.25, 0.3) is 5.91 Å². The Kier molecular flexibility index (Phi) is 7.79. The third-order valence-electron chi connectivity index (χ3n) is 4.53. The molecule has 1 aromatic heterocycles. The van der Waals surface area contributed by atoms with Gasteiger partial charge in [0.05, 0.1) is 32.4 Å². The van der Waals surface area contributed by atoms with Crippen LogP contribution in [0.2, 0.25) is 5.02 Å². The molecule has 2 heterocycles. The summed E-state index contributed by atoms with van der Waals surface area (Å²) in [5, 5.41) is 2.60. The molecule has 0 saturated carbocycles. The van der Waals surface area contributed by atoms with E-state index >= 15 is 0 Å². The summed E-state index contributed by atoms with van der Waals surface area (Å²) in [5.41, 5.74) is 0.421. The van der Waals surface area contributed by atoms with E-state index in [-0.39, 0.29) is 53.5 Å². The van der Waals surface area contributed by atoms with Crippen LogP contribution >= 0.6 is 11.6 Å². The molecular weight excluding hydrogens is 472 g/mol. The number of furan rings is 1. The van der Waals surface area contributed by atoms with E-state index in [4.69, 9.17) is 30.2 Å². The van der Waals surface area contributed by atoms with E-state index in [2.05, 4.69) is 10.1 Å². The van der Waals surface area contributed by atoms with Gasteiger partial charge in [0.1, 0.15) is 11.5 Å². The lowest BCUT2D eigenvalue weighted by atomic mass is 10.1. The van der Waals surface area contributed by atoms with Crippen molar-refractivity contribution >= 4 is 41.6 Å². The third kappa shape index (κ3) is 5.49. The highest BCUT2D eigenvalue weighted by Gasteiger charge is 2.34. The number of ether oxygens (including phenoxy) is 4. The molecule has 3 amide bonds. The number of carbonyl (C=O) groups is 4. The van der Waals surface area contributed by atoms with Crippen molar-refractivity contribution in [3.05, 3.63) is 52.1 Å². The second-order valence-corrected chi connectivity index (χ2v) is 7.17. The molecule has 11 nitrogen and oxygen atoms in total. The maximum atomic E-state index is 12.8. The molecule has 2 aromatic rings. The van der Waals surface area contributed by atoms with Crippen molar-refractivity contribution in [2.24, 2.45) is 0 Å². The van der Waals surface area contributed by atoms with Gasteiger partial charge in [0.2, 0.25) is 5.76 Å². The second-order valence-electron chi connectivity index (χ2n) is 6.76. The highest BCUT2D eigenvalue weighted by atomic mass is 35.5. The maximum absolute atomic E-state index is 12.8. The molecule has 0 radical (unpaired) electrons. The van der Waals surface area contributed by atoms with Crippen molar-refractivity contribution < 1.29 is 42.5 Å². The van der Waals surface area contributed by atoms with Crippen molar-refractivity contribution in [2.45, 2.75) is 13.5 Å². The molecule has 1 saturated heterocycles. The summed E-state index contributed by atoms with van der Waals surface area (Å²) in [4.78, 5) is 49.1. The van der Waals surface area contributed by atoms with Crippen LogP contribution in [-0.4, -0.2) is 56.2 Å². The van der Waals surface area contributed by atoms with E-state index in [1.165, 1.54) is 44.6 Å². The molecule has 0 spiro atoms. The first-order valence-corrected chi connectivity index (χ1v) is 10.3. The van der Waals surface area contributed by atoms with Gasteiger partial charge in [-0.2, -0.15) is 0 Å². The predicted octanol–water partition coefficient (Wildman–Crippen LogP) is 2.76. The number of amides is 3. The monoisotopic (exact) mass is 492 g/mol. The van der Waals surface area contributed by atoms with Crippen molar-refractivity contribution in [1.82, 2.24) is 10.2 Å². The van der Waals surface area contributed by atoms with Gasteiger partial charge in [-0.25, -0.2) is 14.4 Å². The lowest BCUT2D eigenvalue weighted by Crippen LogP contribution is -2.30. The highest BCUT2D eigenvalue weighted by molar-refractivity contribution is 6.32. The van der Waals surface area contributed by atoms with E-state index < -0.39 is 23.9 Å². The minimum Gasteiger partial charge on any atom is -0.493 e. The number of rotatable bonds is 9. The Morgan fingerprint density at radius 2 is 1.97 bits per heavy atom. The van der Waals surface area contributed by atoms with Crippen LogP contribution < -0.4 is 14.8 Å². The van der Waals surface area contributed by atoms with Gasteiger partial charge >= 0.3 is 18.0 Å². The molecule has 1 aliphatic heterocycles. The average molecular weight is 493 g/mol. The summed E-state index contributed by atoms with van der Waals surface area (Å²) < 4.78 is 25.4. The molecule has 0 bridgehead atoms. The fourth-order valence-electron chi connectivity index (χ4n) is 3.01. The standard InChI is InChI=1S/C22H21ClN2O9/c1-4-32-18(26)11-33-19-14(23)7-12(9-17(19)30-2)8-15-20(27)25(22(29)24-15)10-13-5-6-16(34-13)21(28)31-3/h5-9H,4,10-11H2,1-3H3,(H,24,29). The van der Waals surface area contributed by atoms with Crippen LogP contribution in [0.3, 0.4) is 0 Å². The maximum Gasteiger partial charge on any atom is 0.373 e. The molecule has 180 valence electrons. The zero-order valence-electron chi connectivity index (χ0n) is 18.5. The zero-order chi connectivity index (χ0) is 24.8. The number of imide groups is 1. The Hall–Kier alpha value is -3.99. The largest absolute Gasteiger partial charge is 0.493 e. The van der Waals surface area contributed by atoms with E-state index in [9.17, 15) is 19.2 Å². The van der Waals surface area contributed by atoms with Gasteiger partial charge in [-0.3, -0.25) is 9.69 Å². The van der Waals surface area contributed by atoms with Crippen LogP contribution in [-0.2, 0) is 25.6 Å². The third-order valence-corrected chi connectivity index (χ3v) is 4.81. The topological polar surface area (TPSA) is 134 Å². The van der Waals surface area contributed by atoms with Crippen LogP contribution in [0.25, 0.3) is 6.08 Å². The van der Waals surface area contributed by atoms with E-state index in [1.807, 2.05) is 0 Å². The van der Waals surface area contributed by atoms with Gasteiger partial charge < -0.3 is 28.7 Å². The molecule has 1 fully saturated rings. The molecule has 1 aromatic carbocycles. The number of urea groups is 1. The van der Waals surface area contributed by atoms with Crippen molar-refractivity contribution in [2.75, 3.05) is 27.4 Å². The molecular formula is C22H21ClN2O9. The second kappa shape index (κ2) is 10.8. The lowest BCUT2D eigenvalue weighted by Gasteiger charge is -2.13. The molecule has 0 unspecified atom stereocenters. The van der Waals surface area contributed by atoms with Gasteiger partial charge in [-0.1, -0.05) is 11.6 Å². The average Bonchev–Trinajstić information content (AvgIpc) is 3.38. The van der Waals surface area contributed by atoms with Crippen LogP contribution in [0.4, 0.5) is 4.79 Å². The minimum atomic E-state index is -0.676. The quantitative estimate of drug-likeness (QED) is 0.318. The fraction of sp³-hybridized carbons (Fsp3) is 0.273. The normalized spacial score (nSPS) is 14.2. The molecule has 1 aliphatic rings. The molecule has 34 heavy (non-hydrogen) atoms. The first-order valence-electron chi connectivity index (χ1n) is 9.94. The number of nitrogens with one attached hydrogen (secondary N) is 1. The number of halogens is 1. The minimum absolute atomic E-state index is 0.0111. The summed E-state index contributed by atoms with van der Waals surface area (Å²) in [6.45, 7) is 1.33. The molecule has 0 atom stereocenters. The zero-order valence-corrected chi connectivity index (χ0v) is 19.3. The molecule has 1 N–H and O–H groups in total. The fourth-order valence-corrected chi connectivity index (χ4v) is 3.28. The number of benzene rings is 1. The molecule has 0 aliphatic carbocycles. The summed E-state index contributed by atoms with van der Waals surface area (Å²) in [5.74, 6) is -1.35. The van der Waals surface area contributed by atoms with Crippen molar-refractivity contribution in [3.8, 4) is 11.5 Å². The Morgan fingerprint density at radius 1 is 1.21 bits per heavy atom. The van der Waals surface area contributed by atoms with Gasteiger partial charge in [0.15, 0.2) is 18.1 Å². The molecule has 3 rings (SSSR count). The Labute approximate surface area is 199 Å². The van der Waals surface area contributed by atoms with Gasteiger partial charge in [-0.05, 0) is 42.8 Å². The lowest BCUT2D eigenvalue weighted by molar-refractivity contribution is -0.145. The van der Waals surface area contributed by atoms with Crippen LogP contribution in [0.15, 0.2) is 34.4 Å². The number of nitrogens with zero attached hydrogens (tertiary/aromatic N) is 1. The van der Waals surface area contributed by atoms with Crippen LogP contribution in [0, 0.1) is 0 Å². The predicted molar refractivity (Wildman–Crippen MR) is 117 cm³/mol. The van der Waals surface area contributed by atoms with Crippen molar-refractivity contribution in [3.63, 3.8) is 0 Å². The first-order chi connectivity index (χ1) is 16.3. The smallest absolute Gasteiger partial charge is 0.373 e. The van der Waals surface area contributed by atoms with Crippen molar-refractivity contribution in [1.29, 1.82) is 0 Å².